The first-order valence-electron chi connectivity index (χ1n) is 8.49. The van der Waals surface area contributed by atoms with Gasteiger partial charge < -0.3 is 20.5 Å². The van der Waals surface area contributed by atoms with Gasteiger partial charge in [0.2, 0.25) is 0 Å². The number of rotatable bonds is 7. The quantitative estimate of drug-likeness (QED) is 0.394. The summed E-state index contributed by atoms with van der Waals surface area (Å²) in [6.45, 7) is 5.73. The second-order valence-electron chi connectivity index (χ2n) is 6.13. The lowest BCUT2D eigenvalue weighted by molar-refractivity contribution is -0.0106. The SMILES string of the molecule is CCNC(=NCC1(CO)CCOCC1)NCCc1ccc(Cl)nc1. The lowest BCUT2D eigenvalue weighted by atomic mass is 9.81. The third-order valence-corrected chi connectivity index (χ3v) is 4.52. The highest BCUT2D eigenvalue weighted by atomic mass is 35.5. The standard InChI is InChI=1S/C17H27ClN4O2/c1-2-19-16(20-8-5-14-3-4-15(18)21-11-14)22-12-17(13-23)6-9-24-10-7-17/h3-4,11,23H,2,5-10,12-13H2,1H3,(H2,19,20,22). The minimum absolute atomic E-state index is 0.149. The maximum absolute atomic E-state index is 9.75. The Bertz CT molecular complexity index is 516. The van der Waals surface area contributed by atoms with E-state index in [2.05, 4.69) is 20.6 Å². The van der Waals surface area contributed by atoms with Crippen molar-refractivity contribution in [1.29, 1.82) is 0 Å². The van der Waals surface area contributed by atoms with Crippen molar-refractivity contribution in [3.8, 4) is 0 Å². The van der Waals surface area contributed by atoms with E-state index >= 15 is 0 Å². The summed E-state index contributed by atoms with van der Waals surface area (Å²) in [7, 11) is 0. The minimum atomic E-state index is -0.152. The number of halogens is 1. The summed E-state index contributed by atoms with van der Waals surface area (Å²) in [5.74, 6) is 0.777. The maximum atomic E-state index is 9.75. The largest absolute Gasteiger partial charge is 0.396 e. The molecule has 0 saturated carbocycles. The molecule has 0 radical (unpaired) electrons. The van der Waals surface area contributed by atoms with E-state index in [1.807, 2.05) is 13.0 Å². The summed E-state index contributed by atoms with van der Waals surface area (Å²) in [5, 5.41) is 16.8. The molecule has 2 rings (SSSR count). The first-order valence-corrected chi connectivity index (χ1v) is 8.86. The summed E-state index contributed by atoms with van der Waals surface area (Å²) < 4.78 is 5.40. The molecule has 1 fully saturated rings. The molecule has 0 aromatic carbocycles. The molecule has 1 aliphatic heterocycles. The van der Waals surface area contributed by atoms with E-state index in [9.17, 15) is 5.11 Å². The van der Waals surface area contributed by atoms with Gasteiger partial charge in [-0.2, -0.15) is 0 Å². The van der Waals surface area contributed by atoms with E-state index in [1.165, 1.54) is 0 Å². The molecule has 0 aliphatic carbocycles. The molecule has 1 saturated heterocycles. The fourth-order valence-electron chi connectivity index (χ4n) is 2.64. The predicted molar refractivity (Wildman–Crippen MR) is 96.5 cm³/mol. The molecular weight excluding hydrogens is 328 g/mol. The van der Waals surface area contributed by atoms with Gasteiger partial charge in [-0.15, -0.1) is 0 Å². The summed E-state index contributed by atoms with van der Waals surface area (Å²) >= 11 is 5.79. The van der Waals surface area contributed by atoms with Gasteiger partial charge >= 0.3 is 0 Å². The van der Waals surface area contributed by atoms with Crippen LogP contribution in [0.15, 0.2) is 23.3 Å². The van der Waals surface area contributed by atoms with E-state index in [0.717, 1.165) is 43.9 Å². The number of aliphatic hydroxyl groups is 1. The normalized spacial score (nSPS) is 17.5. The van der Waals surface area contributed by atoms with E-state index in [-0.39, 0.29) is 12.0 Å². The Hall–Kier alpha value is -1.37. The zero-order valence-electron chi connectivity index (χ0n) is 14.2. The van der Waals surface area contributed by atoms with E-state index in [4.69, 9.17) is 16.3 Å². The summed E-state index contributed by atoms with van der Waals surface area (Å²) in [5.41, 5.74) is 0.972. The molecule has 0 unspecified atom stereocenters. The van der Waals surface area contributed by atoms with Crippen LogP contribution in [-0.4, -0.2) is 55.5 Å². The lowest BCUT2D eigenvalue weighted by Gasteiger charge is -2.34. The molecule has 1 aromatic heterocycles. The van der Waals surface area contributed by atoms with Crippen LogP contribution in [0.4, 0.5) is 0 Å². The smallest absolute Gasteiger partial charge is 0.191 e. The van der Waals surface area contributed by atoms with Crippen LogP contribution >= 0.6 is 11.6 Å². The third-order valence-electron chi connectivity index (χ3n) is 4.30. The van der Waals surface area contributed by atoms with Crippen molar-refractivity contribution < 1.29 is 9.84 Å². The van der Waals surface area contributed by atoms with Gasteiger partial charge in [-0.05, 0) is 37.8 Å². The Kier molecular flexibility index (Phi) is 7.75. The number of hydrogen-bond donors (Lipinski definition) is 3. The monoisotopic (exact) mass is 354 g/mol. The molecule has 0 spiro atoms. The summed E-state index contributed by atoms with van der Waals surface area (Å²) in [6.07, 6.45) is 4.33. The van der Waals surface area contributed by atoms with Crippen molar-refractivity contribution in [2.45, 2.75) is 26.2 Å². The predicted octanol–water partition coefficient (Wildman–Crippen LogP) is 1.62. The number of nitrogens with one attached hydrogen (secondary N) is 2. The highest BCUT2D eigenvalue weighted by Crippen LogP contribution is 2.30. The van der Waals surface area contributed by atoms with Crippen molar-refractivity contribution in [1.82, 2.24) is 15.6 Å². The number of aliphatic hydroxyl groups excluding tert-OH is 1. The molecule has 24 heavy (non-hydrogen) atoms. The van der Waals surface area contributed by atoms with Gasteiger partial charge in [0.05, 0.1) is 13.2 Å². The molecular formula is C17H27ClN4O2. The van der Waals surface area contributed by atoms with Gasteiger partial charge in [0.25, 0.3) is 0 Å². The van der Waals surface area contributed by atoms with Crippen LogP contribution in [0.3, 0.4) is 0 Å². The number of nitrogens with zero attached hydrogens (tertiary/aromatic N) is 2. The average Bonchev–Trinajstić information content (AvgIpc) is 2.62. The number of pyridine rings is 1. The molecule has 2 heterocycles. The van der Waals surface area contributed by atoms with Crippen LogP contribution in [0.2, 0.25) is 5.15 Å². The van der Waals surface area contributed by atoms with Gasteiger partial charge in [-0.25, -0.2) is 4.98 Å². The fourth-order valence-corrected chi connectivity index (χ4v) is 2.75. The molecule has 0 atom stereocenters. The van der Waals surface area contributed by atoms with Crippen LogP contribution in [0.5, 0.6) is 0 Å². The zero-order valence-corrected chi connectivity index (χ0v) is 15.0. The third kappa shape index (κ3) is 5.92. The van der Waals surface area contributed by atoms with Crippen LogP contribution in [-0.2, 0) is 11.2 Å². The van der Waals surface area contributed by atoms with Gasteiger partial charge in [0, 0.05) is 37.9 Å². The first kappa shape index (κ1) is 19.0. The fraction of sp³-hybridized carbons (Fsp3) is 0.647. The molecule has 1 aliphatic rings. The molecule has 134 valence electrons. The molecule has 6 nitrogen and oxygen atoms in total. The number of ether oxygens (including phenoxy) is 1. The number of aliphatic imine (C=N–C) groups is 1. The Morgan fingerprint density at radius 1 is 1.38 bits per heavy atom. The second-order valence-corrected chi connectivity index (χ2v) is 6.52. The minimum Gasteiger partial charge on any atom is -0.396 e. The van der Waals surface area contributed by atoms with Crippen LogP contribution in [0, 0.1) is 5.41 Å². The Morgan fingerprint density at radius 3 is 2.79 bits per heavy atom. The molecule has 0 bridgehead atoms. The van der Waals surface area contributed by atoms with Gasteiger partial charge in [-0.3, -0.25) is 4.99 Å². The molecule has 3 N–H and O–H groups in total. The Labute approximate surface area is 148 Å². The summed E-state index contributed by atoms with van der Waals surface area (Å²) in [6, 6.07) is 3.77. The van der Waals surface area contributed by atoms with E-state index in [1.54, 1.807) is 12.3 Å². The maximum Gasteiger partial charge on any atom is 0.191 e. The topological polar surface area (TPSA) is 78.8 Å². The van der Waals surface area contributed by atoms with Crippen molar-refractivity contribution in [3.63, 3.8) is 0 Å². The van der Waals surface area contributed by atoms with Crippen molar-refractivity contribution in [2.24, 2.45) is 10.4 Å². The molecule has 0 amide bonds. The van der Waals surface area contributed by atoms with Crippen LogP contribution < -0.4 is 10.6 Å². The van der Waals surface area contributed by atoms with E-state index < -0.39 is 0 Å². The second kappa shape index (κ2) is 9.81. The van der Waals surface area contributed by atoms with Crippen molar-refractivity contribution in [3.05, 3.63) is 29.0 Å². The van der Waals surface area contributed by atoms with Crippen molar-refractivity contribution in [2.75, 3.05) is 39.5 Å². The summed E-state index contributed by atoms with van der Waals surface area (Å²) in [4.78, 5) is 8.75. The molecule has 7 heteroatoms. The van der Waals surface area contributed by atoms with Gasteiger partial charge in [0.1, 0.15) is 5.15 Å². The van der Waals surface area contributed by atoms with Crippen LogP contribution in [0.1, 0.15) is 25.3 Å². The number of hydrogen-bond acceptors (Lipinski definition) is 4. The highest BCUT2D eigenvalue weighted by molar-refractivity contribution is 6.29. The van der Waals surface area contributed by atoms with Crippen LogP contribution in [0.25, 0.3) is 0 Å². The molecule has 1 aromatic rings. The average molecular weight is 355 g/mol. The van der Waals surface area contributed by atoms with Crippen molar-refractivity contribution >= 4 is 17.6 Å². The van der Waals surface area contributed by atoms with Gasteiger partial charge in [0.15, 0.2) is 5.96 Å². The number of guanidine groups is 1. The van der Waals surface area contributed by atoms with E-state index in [0.29, 0.717) is 24.9 Å². The zero-order chi connectivity index (χ0) is 17.3. The highest BCUT2D eigenvalue weighted by Gasteiger charge is 2.31. The Balaban J connectivity index is 1.86. The Morgan fingerprint density at radius 2 is 2.17 bits per heavy atom. The first-order chi connectivity index (χ1) is 11.7. The lowest BCUT2D eigenvalue weighted by Crippen LogP contribution is -2.41. The van der Waals surface area contributed by atoms with Gasteiger partial charge in [-0.1, -0.05) is 17.7 Å². The number of aromatic nitrogens is 1.